The Balaban J connectivity index is 0.00000364. The molecule has 1 aliphatic heterocycles. The lowest BCUT2D eigenvalue weighted by atomic mass is 10.2. The molecule has 6 heteroatoms. The molecule has 1 aromatic carbocycles. The van der Waals surface area contributed by atoms with Crippen molar-refractivity contribution >= 4 is 35.6 Å². The highest BCUT2D eigenvalue weighted by Crippen LogP contribution is 2.19. The number of anilines is 1. The zero-order valence-corrected chi connectivity index (χ0v) is 19.6. The summed E-state index contributed by atoms with van der Waals surface area (Å²) in [4.78, 5) is 9.71. The molecule has 154 valence electrons. The van der Waals surface area contributed by atoms with Gasteiger partial charge in [-0.1, -0.05) is 32.0 Å². The molecule has 1 aromatic rings. The Morgan fingerprint density at radius 1 is 1.15 bits per heavy atom. The number of halogens is 1. The topological polar surface area (TPSA) is 42.9 Å². The minimum Gasteiger partial charge on any atom is -0.369 e. The minimum atomic E-state index is 0. The van der Waals surface area contributed by atoms with Gasteiger partial charge in [-0.05, 0) is 58.0 Å². The van der Waals surface area contributed by atoms with Crippen LogP contribution in [0.3, 0.4) is 0 Å². The van der Waals surface area contributed by atoms with Crippen molar-refractivity contribution in [2.45, 2.75) is 46.1 Å². The summed E-state index contributed by atoms with van der Waals surface area (Å²) in [7, 11) is 0. The molecule has 0 bridgehead atoms. The molecule has 1 unspecified atom stereocenters. The lowest BCUT2D eigenvalue weighted by molar-refractivity contribution is 0.297. The highest BCUT2D eigenvalue weighted by molar-refractivity contribution is 14.0. The summed E-state index contributed by atoms with van der Waals surface area (Å²) >= 11 is 0. The smallest absolute Gasteiger partial charge is 0.191 e. The van der Waals surface area contributed by atoms with Crippen LogP contribution in [0.2, 0.25) is 0 Å². The number of hydrogen-bond donors (Lipinski definition) is 2. The molecule has 2 rings (SSSR count). The van der Waals surface area contributed by atoms with Crippen LogP contribution in [-0.4, -0.2) is 62.7 Å². The second-order valence-electron chi connectivity index (χ2n) is 6.91. The number of nitrogens with zero attached hydrogens (tertiary/aromatic N) is 3. The van der Waals surface area contributed by atoms with Crippen molar-refractivity contribution < 1.29 is 0 Å². The molecular formula is C21H38IN5. The standard InChI is InChI=1S/C21H37N5.HI/c1-4-22-21(23-15-10-11-16-25(5-2)6-3)24-19-14-17-26(18-19)20-12-8-7-9-13-20;/h7-9,12-13,19H,4-6,10-11,14-18H2,1-3H3,(H2,22,23,24);1H. The zero-order valence-electron chi connectivity index (χ0n) is 17.3. The van der Waals surface area contributed by atoms with E-state index in [4.69, 9.17) is 4.99 Å². The number of rotatable bonds is 10. The maximum Gasteiger partial charge on any atom is 0.191 e. The van der Waals surface area contributed by atoms with Gasteiger partial charge in [0.05, 0.1) is 0 Å². The summed E-state index contributed by atoms with van der Waals surface area (Å²) < 4.78 is 0. The Hall–Kier alpha value is -1.02. The summed E-state index contributed by atoms with van der Waals surface area (Å²) in [5.74, 6) is 0.968. The van der Waals surface area contributed by atoms with E-state index in [0.717, 1.165) is 58.1 Å². The molecule has 0 spiro atoms. The van der Waals surface area contributed by atoms with Gasteiger partial charge in [0, 0.05) is 37.9 Å². The van der Waals surface area contributed by atoms with Gasteiger partial charge in [0.1, 0.15) is 0 Å². The number of para-hydroxylation sites is 1. The van der Waals surface area contributed by atoms with Crippen LogP contribution < -0.4 is 15.5 Å². The van der Waals surface area contributed by atoms with Gasteiger partial charge in [-0.3, -0.25) is 4.99 Å². The number of hydrogen-bond acceptors (Lipinski definition) is 3. The normalized spacial score (nSPS) is 17.1. The fraction of sp³-hybridized carbons (Fsp3) is 0.667. The number of unbranched alkanes of at least 4 members (excludes halogenated alkanes) is 1. The van der Waals surface area contributed by atoms with Crippen molar-refractivity contribution in [1.82, 2.24) is 15.5 Å². The molecule has 5 nitrogen and oxygen atoms in total. The average Bonchev–Trinajstić information content (AvgIpc) is 3.14. The van der Waals surface area contributed by atoms with Gasteiger partial charge in [-0.25, -0.2) is 0 Å². The molecular weight excluding hydrogens is 449 g/mol. The average molecular weight is 487 g/mol. The maximum atomic E-state index is 4.78. The predicted molar refractivity (Wildman–Crippen MR) is 129 cm³/mol. The SMILES string of the molecule is CCNC(=NCCCCN(CC)CC)NC1CCN(c2ccccc2)C1.I. The molecule has 2 N–H and O–H groups in total. The Kier molecular flexibility index (Phi) is 12.5. The van der Waals surface area contributed by atoms with E-state index in [9.17, 15) is 0 Å². The van der Waals surface area contributed by atoms with Gasteiger partial charge in [-0.15, -0.1) is 24.0 Å². The van der Waals surface area contributed by atoms with E-state index in [1.54, 1.807) is 0 Å². The van der Waals surface area contributed by atoms with Gasteiger partial charge in [0.2, 0.25) is 0 Å². The van der Waals surface area contributed by atoms with E-state index in [1.807, 2.05) is 0 Å². The minimum absolute atomic E-state index is 0. The van der Waals surface area contributed by atoms with Crippen molar-refractivity contribution in [2.75, 3.05) is 50.7 Å². The Morgan fingerprint density at radius 2 is 1.89 bits per heavy atom. The second-order valence-corrected chi connectivity index (χ2v) is 6.91. The quantitative estimate of drug-likeness (QED) is 0.229. The number of benzene rings is 1. The van der Waals surface area contributed by atoms with Crippen molar-refractivity contribution in [3.63, 3.8) is 0 Å². The van der Waals surface area contributed by atoms with E-state index in [2.05, 4.69) is 71.5 Å². The molecule has 1 aliphatic rings. The van der Waals surface area contributed by atoms with Crippen LogP contribution in [0.15, 0.2) is 35.3 Å². The highest BCUT2D eigenvalue weighted by Gasteiger charge is 2.23. The van der Waals surface area contributed by atoms with Crippen LogP contribution in [0, 0.1) is 0 Å². The lowest BCUT2D eigenvalue weighted by Crippen LogP contribution is -2.44. The van der Waals surface area contributed by atoms with Crippen LogP contribution in [0.4, 0.5) is 5.69 Å². The second kappa shape index (κ2) is 14.0. The third kappa shape index (κ3) is 8.68. The zero-order chi connectivity index (χ0) is 18.6. The molecule has 1 saturated heterocycles. The molecule has 0 aromatic heterocycles. The van der Waals surface area contributed by atoms with Gasteiger partial charge in [0.25, 0.3) is 0 Å². The van der Waals surface area contributed by atoms with Gasteiger partial charge >= 0.3 is 0 Å². The molecule has 1 atom stereocenters. The summed E-state index contributed by atoms with van der Waals surface area (Å²) in [5, 5.41) is 7.02. The number of guanidine groups is 1. The molecule has 0 amide bonds. The van der Waals surface area contributed by atoms with Gasteiger partial charge < -0.3 is 20.4 Å². The van der Waals surface area contributed by atoms with E-state index in [1.165, 1.54) is 18.7 Å². The molecule has 0 radical (unpaired) electrons. The highest BCUT2D eigenvalue weighted by atomic mass is 127. The van der Waals surface area contributed by atoms with Crippen LogP contribution in [0.1, 0.15) is 40.0 Å². The van der Waals surface area contributed by atoms with Crippen molar-refractivity contribution in [1.29, 1.82) is 0 Å². The lowest BCUT2D eigenvalue weighted by Gasteiger charge is -2.20. The fourth-order valence-electron chi connectivity index (χ4n) is 3.44. The summed E-state index contributed by atoms with van der Waals surface area (Å²) in [6, 6.07) is 11.1. The Labute approximate surface area is 183 Å². The van der Waals surface area contributed by atoms with Crippen LogP contribution in [0.5, 0.6) is 0 Å². The van der Waals surface area contributed by atoms with Gasteiger partial charge in [-0.2, -0.15) is 0 Å². The molecule has 0 saturated carbocycles. The van der Waals surface area contributed by atoms with Crippen LogP contribution in [-0.2, 0) is 0 Å². The Morgan fingerprint density at radius 3 is 2.56 bits per heavy atom. The van der Waals surface area contributed by atoms with E-state index < -0.39 is 0 Å². The monoisotopic (exact) mass is 487 g/mol. The van der Waals surface area contributed by atoms with E-state index >= 15 is 0 Å². The first kappa shape index (κ1) is 24.0. The van der Waals surface area contributed by atoms with Crippen LogP contribution in [0.25, 0.3) is 0 Å². The van der Waals surface area contributed by atoms with Crippen molar-refractivity contribution in [3.8, 4) is 0 Å². The predicted octanol–water partition coefficient (Wildman–Crippen LogP) is 3.56. The summed E-state index contributed by atoms with van der Waals surface area (Å²) in [6.07, 6.45) is 3.52. The van der Waals surface area contributed by atoms with Crippen molar-refractivity contribution in [2.24, 2.45) is 4.99 Å². The fourth-order valence-corrected chi connectivity index (χ4v) is 3.44. The number of nitrogens with one attached hydrogen (secondary N) is 2. The third-order valence-electron chi connectivity index (χ3n) is 5.04. The Bertz CT molecular complexity index is 519. The summed E-state index contributed by atoms with van der Waals surface area (Å²) in [6.45, 7) is 14.0. The van der Waals surface area contributed by atoms with Gasteiger partial charge in [0.15, 0.2) is 5.96 Å². The number of aliphatic imine (C=N–C) groups is 1. The molecule has 1 fully saturated rings. The van der Waals surface area contributed by atoms with Crippen molar-refractivity contribution in [3.05, 3.63) is 30.3 Å². The molecule has 1 heterocycles. The first-order valence-corrected chi connectivity index (χ1v) is 10.3. The van der Waals surface area contributed by atoms with Crippen LogP contribution >= 0.6 is 24.0 Å². The first-order chi connectivity index (χ1) is 12.8. The van der Waals surface area contributed by atoms with E-state index in [0.29, 0.717) is 6.04 Å². The largest absolute Gasteiger partial charge is 0.369 e. The third-order valence-corrected chi connectivity index (χ3v) is 5.04. The first-order valence-electron chi connectivity index (χ1n) is 10.3. The molecule has 27 heavy (non-hydrogen) atoms. The molecule has 0 aliphatic carbocycles. The van der Waals surface area contributed by atoms with E-state index in [-0.39, 0.29) is 24.0 Å². The summed E-state index contributed by atoms with van der Waals surface area (Å²) in [5.41, 5.74) is 1.31. The maximum absolute atomic E-state index is 4.78.